The van der Waals surface area contributed by atoms with Gasteiger partial charge in [0.25, 0.3) is 0 Å². The average molecular weight is 302 g/mol. The molecule has 2 rings (SSSR count). The molecule has 6 nitrogen and oxygen atoms in total. The topological polar surface area (TPSA) is 86.0 Å². The molecule has 0 saturated carbocycles. The Kier molecular flexibility index (Phi) is 4.63. The van der Waals surface area contributed by atoms with E-state index in [4.69, 9.17) is 13.9 Å². The minimum Gasteiger partial charge on any atom is -0.502 e. The van der Waals surface area contributed by atoms with Crippen molar-refractivity contribution in [2.45, 2.75) is 0 Å². The summed E-state index contributed by atoms with van der Waals surface area (Å²) < 4.78 is 14.9. The Morgan fingerprint density at radius 3 is 2.45 bits per heavy atom. The van der Waals surface area contributed by atoms with Gasteiger partial charge in [-0.05, 0) is 23.8 Å². The number of carbonyl (C=O) groups is 1. The van der Waals surface area contributed by atoms with Gasteiger partial charge in [-0.2, -0.15) is 0 Å². The smallest absolute Gasteiger partial charge is 0.341 e. The van der Waals surface area contributed by atoms with Crippen LogP contribution in [0.5, 0.6) is 11.5 Å². The zero-order valence-corrected chi connectivity index (χ0v) is 12.0. The zero-order chi connectivity index (χ0) is 16.1. The molecular formula is C16H14O6. The maximum absolute atomic E-state index is 11.9. The van der Waals surface area contributed by atoms with E-state index in [-0.39, 0.29) is 11.3 Å². The Morgan fingerprint density at radius 2 is 1.91 bits per heavy atom. The molecule has 0 radical (unpaired) electrons. The lowest BCUT2D eigenvalue weighted by atomic mass is 10.1. The number of rotatable bonds is 4. The molecule has 0 aliphatic heterocycles. The second kappa shape index (κ2) is 6.62. The van der Waals surface area contributed by atoms with Crippen molar-refractivity contribution in [1.29, 1.82) is 0 Å². The molecule has 0 amide bonds. The van der Waals surface area contributed by atoms with Crippen molar-refractivity contribution >= 4 is 17.6 Å². The van der Waals surface area contributed by atoms with E-state index in [0.717, 1.165) is 12.3 Å². The van der Waals surface area contributed by atoms with Gasteiger partial charge in [0.15, 0.2) is 5.75 Å². The minimum absolute atomic E-state index is 0.00506. The van der Waals surface area contributed by atoms with E-state index in [2.05, 4.69) is 0 Å². The predicted octanol–water partition coefficient (Wildman–Crippen LogP) is 2.07. The first-order valence-electron chi connectivity index (χ1n) is 6.31. The molecular weight excluding hydrogens is 288 g/mol. The number of aromatic hydroxyl groups is 1. The number of hydrogen-bond acceptors (Lipinski definition) is 6. The van der Waals surface area contributed by atoms with E-state index >= 15 is 0 Å². The fourth-order valence-electron chi connectivity index (χ4n) is 1.75. The van der Waals surface area contributed by atoms with E-state index in [9.17, 15) is 14.7 Å². The van der Waals surface area contributed by atoms with Gasteiger partial charge >= 0.3 is 5.97 Å². The standard InChI is InChI=1S/C16H14O6/c1-20-11-5-3-10(4-6-11)7-12(16(19)21-2)15-8-13(17)14(18)9-22-15/h3-9,18H,1-2H3/b12-7+. The molecule has 0 atom stereocenters. The highest BCUT2D eigenvalue weighted by molar-refractivity contribution is 6.20. The molecule has 0 spiro atoms. The molecule has 1 aromatic heterocycles. The lowest BCUT2D eigenvalue weighted by Crippen LogP contribution is -2.07. The van der Waals surface area contributed by atoms with Crippen LogP contribution in [0.15, 0.2) is 45.8 Å². The molecule has 0 bridgehead atoms. The van der Waals surface area contributed by atoms with E-state index in [0.29, 0.717) is 11.3 Å². The highest BCUT2D eigenvalue weighted by atomic mass is 16.5. The quantitative estimate of drug-likeness (QED) is 0.687. The maximum Gasteiger partial charge on any atom is 0.341 e. The Balaban J connectivity index is 2.48. The number of hydrogen-bond donors (Lipinski definition) is 1. The zero-order valence-electron chi connectivity index (χ0n) is 12.0. The van der Waals surface area contributed by atoms with Gasteiger partial charge < -0.3 is 19.0 Å². The summed E-state index contributed by atoms with van der Waals surface area (Å²) in [6.45, 7) is 0. The summed E-state index contributed by atoms with van der Waals surface area (Å²) in [6, 6.07) is 7.96. The number of methoxy groups -OCH3 is 2. The highest BCUT2D eigenvalue weighted by Gasteiger charge is 2.16. The molecule has 0 aliphatic rings. The Morgan fingerprint density at radius 1 is 1.23 bits per heavy atom. The largest absolute Gasteiger partial charge is 0.502 e. The normalized spacial score (nSPS) is 11.1. The molecule has 0 saturated heterocycles. The van der Waals surface area contributed by atoms with Crippen molar-refractivity contribution < 1.29 is 23.8 Å². The van der Waals surface area contributed by atoms with Crippen LogP contribution in [0.4, 0.5) is 0 Å². The van der Waals surface area contributed by atoms with Crippen molar-refractivity contribution in [2.75, 3.05) is 14.2 Å². The van der Waals surface area contributed by atoms with Gasteiger partial charge in [0.2, 0.25) is 5.43 Å². The minimum atomic E-state index is -0.662. The van der Waals surface area contributed by atoms with Gasteiger partial charge in [-0.1, -0.05) is 12.1 Å². The van der Waals surface area contributed by atoms with Crippen molar-refractivity contribution in [2.24, 2.45) is 0 Å². The Bertz CT molecular complexity index is 755. The molecule has 22 heavy (non-hydrogen) atoms. The lowest BCUT2D eigenvalue weighted by molar-refractivity contribution is -0.133. The molecule has 0 unspecified atom stereocenters. The summed E-state index contributed by atoms with van der Waals surface area (Å²) in [5, 5.41) is 9.21. The predicted molar refractivity (Wildman–Crippen MR) is 79.5 cm³/mol. The van der Waals surface area contributed by atoms with Crippen LogP contribution >= 0.6 is 0 Å². The van der Waals surface area contributed by atoms with Gasteiger partial charge in [0.05, 0.1) is 14.2 Å². The van der Waals surface area contributed by atoms with Crippen molar-refractivity contribution in [1.82, 2.24) is 0 Å². The first-order chi connectivity index (χ1) is 10.5. The van der Waals surface area contributed by atoms with Crippen LogP contribution in [0.2, 0.25) is 0 Å². The third-order valence-corrected chi connectivity index (χ3v) is 2.91. The molecule has 6 heteroatoms. The number of benzene rings is 1. The van der Waals surface area contributed by atoms with Gasteiger partial charge in [-0.25, -0.2) is 4.79 Å². The second-order valence-electron chi connectivity index (χ2n) is 4.32. The third-order valence-electron chi connectivity index (χ3n) is 2.91. The summed E-state index contributed by atoms with van der Waals surface area (Å²) in [5.74, 6) is -0.513. The average Bonchev–Trinajstić information content (AvgIpc) is 2.55. The van der Waals surface area contributed by atoms with Crippen molar-refractivity contribution in [3.8, 4) is 11.5 Å². The third kappa shape index (κ3) is 3.35. The lowest BCUT2D eigenvalue weighted by Gasteiger charge is -2.05. The van der Waals surface area contributed by atoms with Gasteiger partial charge in [-0.15, -0.1) is 0 Å². The van der Waals surface area contributed by atoms with E-state index in [1.165, 1.54) is 13.2 Å². The highest BCUT2D eigenvalue weighted by Crippen LogP contribution is 2.21. The summed E-state index contributed by atoms with van der Waals surface area (Å²) in [4.78, 5) is 23.4. The Labute approximate surface area is 126 Å². The molecule has 0 aliphatic carbocycles. The first-order valence-corrected chi connectivity index (χ1v) is 6.31. The number of esters is 1. The SMILES string of the molecule is COC(=O)/C(=C/c1ccc(OC)cc1)c1cc(=O)c(O)co1. The summed E-state index contributed by atoms with van der Waals surface area (Å²) in [6.07, 6.45) is 2.39. The van der Waals surface area contributed by atoms with Crippen LogP contribution in [0, 0.1) is 0 Å². The van der Waals surface area contributed by atoms with Gasteiger partial charge in [0.1, 0.15) is 23.3 Å². The fourth-order valence-corrected chi connectivity index (χ4v) is 1.75. The molecule has 114 valence electrons. The summed E-state index contributed by atoms with van der Waals surface area (Å²) >= 11 is 0. The van der Waals surface area contributed by atoms with E-state index < -0.39 is 17.1 Å². The second-order valence-corrected chi connectivity index (χ2v) is 4.32. The maximum atomic E-state index is 11.9. The van der Waals surface area contributed by atoms with Crippen LogP contribution in [0.25, 0.3) is 11.6 Å². The van der Waals surface area contributed by atoms with Crippen molar-refractivity contribution in [3.05, 3.63) is 58.1 Å². The van der Waals surface area contributed by atoms with E-state index in [1.54, 1.807) is 31.4 Å². The molecule has 0 fully saturated rings. The molecule has 1 aromatic carbocycles. The van der Waals surface area contributed by atoms with Crippen LogP contribution in [0.3, 0.4) is 0 Å². The van der Waals surface area contributed by atoms with Crippen LogP contribution in [-0.4, -0.2) is 25.3 Å². The Hall–Kier alpha value is -3.02. The van der Waals surface area contributed by atoms with Crippen LogP contribution in [0.1, 0.15) is 11.3 Å². The number of ether oxygens (including phenoxy) is 2. The summed E-state index contributed by atoms with van der Waals surface area (Å²) in [7, 11) is 2.78. The van der Waals surface area contributed by atoms with Crippen LogP contribution in [-0.2, 0) is 9.53 Å². The first kappa shape index (κ1) is 15.4. The molecule has 1 heterocycles. The monoisotopic (exact) mass is 302 g/mol. The van der Waals surface area contributed by atoms with Crippen LogP contribution < -0.4 is 10.2 Å². The molecule has 1 N–H and O–H groups in total. The van der Waals surface area contributed by atoms with Crippen molar-refractivity contribution in [3.63, 3.8) is 0 Å². The van der Waals surface area contributed by atoms with Gasteiger partial charge in [0, 0.05) is 6.07 Å². The van der Waals surface area contributed by atoms with E-state index in [1.807, 2.05) is 0 Å². The fraction of sp³-hybridized carbons (Fsp3) is 0.125. The summed E-state index contributed by atoms with van der Waals surface area (Å²) in [5.41, 5.74) is 0.104. The molecule has 2 aromatic rings. The number of carbonyl (C=O) groups excluding carboxylic acids is 1. The van der Waals surface area contributed by atoms with Gasteiger partial charge in [-0.3, -0.25) is 4.79 Å².